The molecule has 1 aliphatic rings. The van der Waals surface area contributed by atoms with E-state index in [0.717, 1.165) is 36.8 Å². The van der Waals surface area contributed by atoms with Crippen molar-refractivity contribution in [3.63, 3.8) is 0 Å². The van der Waals surface area contributed by atoms with Gasteiger partial charge in [-0.15, -0.1) is 0 Å². The molecule has 1 aromatic carbocycles. The zero-order valence-electron chi connectivity index (χ0n) is 15.5. The molecule has 0 radical (unpaired) electrons. The molecule has 0 atom stereocenters. The maximum atomic E-state index is 12.2. The van der Waals surface area contributed by atoms with Crippen LogP contribution in [0.2, 0.25) is 0 Å². The Labute approximate surface area is 155 Å². The maximum Gasteiger partial charge on any atom is 0.234 e. The first-order valence-electron chi connectivity index (χ1n) is 9.47. The molecular weight excluding hydrogens is 326 g/mol. The van der Waals surface area contributed by atoms with Gasteiger partial charge >= 0.3 is 0 Å². The van der Waals surface area contributed by atoms with Crippen molar-refractivity contribution in [2.24, 2.45) is 5.92 Å². The van der Waals surface area contributed by atoms with Gasteiger partial charge in [-0.25, -0.2) is 4.68 Å². The van der Waals surface area contributed by atoms with Crippen LogP contribution in [0.15, 0.2) is 42.7 Å². The number of piperidine rings is 1. The number of nitrogens with one attached hydrogen (secondary N) is 2. The third-order valence-corrected chi connectivity index (χ3v) is 5.02. The minimum atomic E-state index is 0.0890. The Bertz CT molecular complexity index is 677. The Morgan fingerprint density at radius 2 is 2.00 bits per heavy atom. The molecule has 0 saturated carbocycles. The lowest BCUT2D eigenvalue weighted by molar-refractivity contribution is -0.122. The van der Waals surface area contributed by atoms with Gasteiger partial charge in [-0.05, 0) is 64.0 Å². The Morgan fingerprint density at radius 3 is 2.73 bits per heavy atom. The van der Waals surface area contributed by atoms with E-state index in [1.807, 2.05) is 48.3 Å². The van der Waals surface area contributed by atoms with Gasteiger partial charge in [0.2, 0.25) is 5.91 Å². The first kappa shape index (κ1) is 18.6. The molecule has 0 aliphatic carbocycles. The van der Waals surface area contributed by atoms with Gasteiger partial charge in [0.1, 0.15) is 0 Å². The van der Waals surface area contributed by atoms with Gasteiger partial charge in [0.15, 0.2) is 0 Å². The lowest BCUT2D eigenvalue weighted by Gasteiger charge is -2.31. The van der Waals surface area contributed by atoms with Gasteiger partial charge in [0, 0.05) is 18.3 Å². The van der Waals surface area contributed by atoms with Crippen molar-refractivity contribution in [1.82, 2.24) is 25.3 Å². The summed E-state index contributed by atoms with van der Waals surface area (Å²) in [6.45, 7) is 4.14. The highest BCUT2D eigenvalue weighted by molar-refractivity contribution is 5.78. The largest absolute Gasteiger partial charge is 0.351 e. The monoisotopic (exact) mass is 355 g/mol. The van der Waals surface area contributed by atoms with Gasteiger partial charge in [-0.1, -0.05) is 18.2 Å². The highest BCUT2D eigenvalue weighted by atomic mass is 16.2. The number of para-hydroxylation sites is 1. The molecule has 1 fully saturated rings. The van der Waals surface area contributed by atoms with E-state index in [-0.39, 0.29) is 5.91 Å². The second-order valence-electron chi connectivity index (χ2n) is 7.02. The summed E-state index contributed by atoms with van der Waals surface area (Å²) >= 11 is 0. The average molecular weight is 355 g/mol. The quantitative estimate of drug-likeness (QED) is 0.758. The Morgan fingerprint density at radius 1 is 1.23 bits per heavy atom. The Hall–Kier alpha value is -2.18. The molecule has 26 heavy (non-hydrogen) atoms. The number of aromatic nitrogens is 2. The highest BCUT2D eigenvalue weighted by Gasteiger charge is 2.20. The van der Waals surface area contributed by atoms with Crippen molar-refractivity contribution in [3.8, 4) is 5.69 Å². The summed E-state index contributed by atoms with van der Waals surface area (Å²) in [7, 11) is 2.00. The Balaban J connectivity index is 1.39. The molecule has 0 unspecified atom stereocenters. The third-order valence-electron chi connectivity index (χ3n) is 5.02. The predicted molar refractivity (Wildman–Crippen MR) is 103 cm³/mol. The summed E-state index contributed by atoms with van der Waals surface area (Å²) in [5.41, 5.74) is 2.03. The second-order valence-corrected chi connectivity index (χ2v) is 7.02. The zero-order valence-corrected chi connectivity index (χ0v) is 15.5. The highest BCUT2D eigenvalue weighted by Crippen LogP contribution is 2.19. The fourth-order valence-corrected chi connectivity index (χ4v) is 3.41. The van der Waals surface area contributed by atoms with Crippen molar-refractivity contribution in [2.45, 2.75) is 25.8 Å². The molecule has 2 heterocycles. The van der Waals surface area contributed by atoms with Crippen LogP contribution in [0.1, 0.15) is 24.8 Å². The molecule has 1 saturated heterocycles. The van der Waals surface area contributed by atoms with Gasteiger partial charge < -0.3 is 10.6 Å². The molecule has 140 valence electrons. The summed E-state index contributed by atoms with van der Waals surface area (Å²) < 4.78 is 1.83. The lowest BCUT2D eigenvalue weighted by atomic mass is 9.93. The summed E-state index contributed by atoms with van der Waals surface area (Å²) in [4.78, 5) is 14.5. The second kappa shape index (κ2) is 9.50. The number of carbonyl (C=O) groups is 1. The van der Waals surface area contributed by atoms with Crippen molar-refractivity contribution < 1.29 is 4.79 Å². The van der Waals surface area contributed by atoms with Crippen molar-refractivity contribution in [2.75, 3.05) is 33.2 Å². The number of amides is 1. The van der Waals surface area contributed by atoms with E-state index < -0.39 is 0 Å². The van der Waals surface area contributed by atoms with Crippen LogP contribution in [-0.2, 0) is 11.3 Å². The predicted octanol–water partition coefficient (Wildman–Crippen LogP) is 1.81. The van der Waals surface area contributed by atoms with E-state index in [0.29, 0.717) is 13.1 Å². The van der Waals surface area contributed by atoms with Crippen LogP contribution in [0, 0.1) is 5.92 Å². The fourth-order valence-electron chi connectivity index (χ4n) is 3.41. The van der Waals surface area contributed by atoms with E-state index in [1.54, 1.807) is 6.20 Å². The SMILES string of the molecule is CNCCC1CCN(CC(=O)NCc2cnn(-c3ccccc3)c2)CC1. The molecule has 0 bridgehead atoms. The minimum absolute atomic E-state index is 0.0890. The number of likely N-dealkylation sites (tertiary alicyclic amines) is 1. The molecule has 6 heteroatoms. The number of nitrogens with zero attached hydrogens (tertiary/aromatic N) is 3. The minimum Gasteiger partial charge on any atom is -0.351 e. The smallest absolute Gasteiger partial charge is 0.234 e. The summed E-state index contributed by atoms with van der Waals surface area (Å²) in [5.74, 6) is 0.886. The van der Waals surface area contributed by atoms with Crippen LogP contribution in [-0.4, -0.2) is 53.8 Å². The number of benzene rings is 1. The standard InChI is InChI=1S/C20H29N5O/c1-21-10-7-17-8-11-24(12-9-17)16-20(26)22-13-18-14-23-25(15-18)19-5-3-2-4-6-19/h2-6,14-15,17,21H,7-13,16H2,1H3,(H,22,26). The van der Waals surface area contributed by atoms with Gasteiger partial charge in [-0.3, -0.25) is 9.69 Å². The van der Waals surface area contributed by atoms with Crippen LogP contribution >= 0.6 is 0 Å². The normalized spacial score (nSPS) is 15.9. The van der Waals surface area contributed by atoms with Crippen LogP contribution in [0.3, 0.4) is 0 Å². The summed E-state index contributed by atoms with van der Waals surface area (Å²) in [6, 6.07) is 9.98. The van der Waals surface area contributed by atoms with E-state index in [9.17, 15) is 4.79 Å². The molecule has 1 amide bonds. The number of hydrogen-bond donors (Lipinski definition) is 2. The average Bonchev–Trinajstić information content (AvgIpc) is 3.16. The number of hydrogen-bond acceptors (Lipinski definition) is 4. The molecule has 6 nitrogen and oxygen atoms in total. The number of carbonyl (C=O) groups excluding carboxylic acids is 1. The van der Waals surface area contributed by atoms with Crippen LogP contribution in [0.5, 0.6) is 0 Å². The summed E-state index contributed by atoms with van der Waals surface area (Å²) in [6.07, 6.45) is 7.39. The molecule has 0 spiro atoms. The van der Waals surface area contributed by atoms with Crippen molar-refractivity contribution >= 4 is 5.91 Å². The zero-order chi connectivity index (χ0) is 18.2. The van der Waals surface area contributed by atoms with Crippen LogP contribution in [0.4, 0.5) is 0 Å². The molecular formula is C20H29N5O. The maximum absolute atomic E-state index is 12.2. The summed E-state index contributed by atoms with van der Waals surface area (Å²) in [5, 5.41) is 10.6. The van der Waals surface area contributed by atoms with Gasteiger partial charge in [-0.2, -0.15) is 5.10 Å². The van der Waals surface area contributed by atoms with Crippen LogP contribution in [0.25, 0.3) is 5.69 Å². The topological polar surface area (TPSA) is 62.2 Å². The first-order chi connectivity index (χ1) is 12.7. The van der Waals surface area contributed by atoms with Crippen LogP contribution < -0.4 is 10.6 Å². The molecule has 3 rings (SSSR count). The van der Waals surface area contributed by atoms with E-state index >= 15 is 0 Å². The molecule has 1 aliphatic heterocycles. The molecule has 2 N–H and O–H groups in total. The number of rotatable bonds is 8. The van der Waals surface area contributed by atoms with Crippen molar-refractivity contribution in [1.29, 1.82) is 0 Å². The third kappa shape index (κ3) is 5.41. The van der Waals surface area contributed by atoms with Gasteiger partial charge in [0.25, 0.3) is 0 Å². The van der Waals surface area contributed by atoms with E-state index in [1.165, 1.54) is 19.3 Å². The molecule has 1 aromatic heterocycles. The van der Waals surface area contributed by atoms with E-state index in [2.05, 4.69) is 20.6 Å². The molecule has 2 aromatic rings. The fraction of sp³-hybridized carbons (Fsp3) is 0.500. The van der Waals surface area contributed by atoms with E-state index in [4.69, 9.17) is 0 Å². The Kier molecular flexibility index (Phi) is 6.80. The first-order valence-corrected chi connectivity index (χ1v) is 9.47. The van der Waals surface area contributed by atoms with Crippen molar-refractivity contribution in [3.05, 3.63) is 48.3 Å². The lowest BCUT2D eigenvalue weighted by Crippen LogP contribution is -2.41. The van der Waals surface area contributed by atoms with Gasteiger partial charge in [0.05, 0.1) is 18.4 Å².